The van der Waals surface area contributed by atoms with Crippen molar-refractivity contribution in [2.24, 2.45) is 0 Å². The molecule has 3 aliphatic heterocycles. The summed E-state index contributed by atoms with van der Waals surface area (Å²) in [5, 5.41) is 105. The summed E-state index contributed by atoms with van der Waals surface area (Å²) in [6.07, 6.45) is -23.6. The molecule has 20 nitrogen and oxygen atoms in total. The zero-order valence-corrected chi connectivity index (χ0v) is 29.8. The average molecular weight is 785 g/mol. The Labute approximate surface area is 311 Å². The molecule has 3 aliphatic rings. The van der Waals surface area contributed by atoms with Gasteiger partial charge in [0.2, 0.25) is 17.5 Å². The Kier molecular flexibility index (Phi) is 12.1. The molecule has 0 amide bonds. The van der Waals surface area contributed by atoms with Crippen LogP contribution in [-0.4, -0.2) is 164 Å². The summed E-state index contributed by atoms with van der Waals surface area (Å²) in [5.41, 5.74) is -0.768. The highest BCUT2D eigenvalue weighted by Crippen LogP contribution is 2.39. The SMILES string of the molecule is COc1ccc(-c2oc3cc(O[C@@H]4O[C@H](CO[C@@H]5O[C@@H](C)[C@H](O)[C@@H](O)[C@H]5O[C@@H]5O[C@@H](C)[C@H](O)[C@@H](O)[C@H]5O)[C@@H](O)[C@H](O)[C@H]4O)cc(O)c3c(=O)c2OC)cc1O. The van der Waals surface area contributed by atoms with E-state index in [1.54, 1.807) is 0 Å². The maximum atomic E-state index is 13.4. The minimum Gasteiger partial charge on any atom is -0.507 e. The molecule has 0 aliphatic carbocycles. The zero-order valence-electron chi connectivity index (χ0n) is 29.8. The highest BCUT2D eigenvalue weighted by Gasteiger charge is 2.51. The molecule has 0 spiro atoms. The Morgan fingerprint density at radius 2 is 1.31 bits per heavy atom. The summed E-state index contributed by atoms with van der Waals surface area (Å²) in [7, 11) is 2.57. The van der Waals surface area contributed by atoms with Gasteiger partial charge < -0.3 is 93.4 Å². The van der Waals surface area contributed by atoms with Crippen molar-refractivity contribution in [3.05, 3.63) is 40.6 Å². The number of phenolic OH excluding ortho intramolecular Hbond substituents is 2. The topological polar surface area (TPSA) is 306 Å². The number of aromatic hydroxyl groups is 2. The molecule has 4 heterocycles. The first-order valence-electron chi connectivity index (χ1n) is 17.2. The first kappa shape index (κ1) is 40.8. The molecule has 55 heavy (non-hydrogen) atoms. The van der Waals surface area contributed by atoms with Crippen molar-refractivity contribution in [1.29, 1.82) is 0 Å². The molecular formula is C35H44O20. The van der Waals surface area contributed by atoms with E-state index in [4.69, 9.17) is 42.3 Å². The van der Waals surface area contributed by atoms with E-state index >= 15 is 0 Å². The Balaban J connectivity index is 1.22. The van der Waals surface area contributed by atoms with Gasteiger partial charge in [0.15, 0.2) is 29.8 Å². The third-order valence-corrected chi connectivity index (χ3v) is 9.78. The van der Waals surface area contributed by atoms with Crippen LogP contribution < -0.4 is 19.6 Å². The van der Waals surface area contributed by atoms with E-state index in [9.17, 15) is 55.9 Å². The van der Waals surface area contributed by atoms with Crippen LogP contribution in [0.2, 0.25) is 0 Å². The first-order chi connectivity index (χ1) is 26.1. The van der Waals surface area contributed by atoms with Gasteiger partial charge in [0, 0.05) is 17.7 Å². The third kappa shape index (κ3) is 7.79. The number of methoxy groups -OCH3 is 2. The number of aliphatic hydroxyl groups excluding tert-OH is 8. The molecule has 0 unspecified atom stereocenters. The summed E-state index contributed by atoms with van der Waals surface area (Å²) < 4.78 is 50.5. The smallest absolute Gasteiger partial charge is 0.239 e. The van der Waals surface area contributed by atoms with Gasteiger partial charge in [-0.1, -0.05) is 0 Å². The van der Waals surface area contributed by atoms with E-state index < -0.39 is 110 Å². The van der Waals surface area contributed by atoms with Crippen LogP contribution in [0.4, 0.5) is 0 Å². The fraction of sp³-hybridized carbons (Fsp3) is 0.571. The van der Waals surface area contributed by atoms with Gasteiger partial charge in [-0.2, -0.15) is 0 Å². The molecular weight excluding hydrogens is 740 g/mol. The Morgan fingerprint density at radius 1 is 0.673 bits per heavy atom. The van der Waals surface area contributed by atoms with Crippen LogP contribution in [-0.2, 0) is 23.7 Å². The Hall–Kier alpha value is -3.87. The van der Waals surface area contributed by atoms with Crippen molar-refractivity contribution in [3.63, 3.8) is 0 Å². The van der Waals surface area contributed by atoms with Crippen molar-refractivity contribution >= 4 is 11.0 Å². The van der Waals surface area contributed by atoms with Crippen LogP contribution in [0, 0.1) is 0 Å². The largest absolute Gasteiger partial charge is 0.507 e. The summed E-state index contributed by atoms with van der Waals surface area (Å²) in [6, 6.07) is 6.39. The normalized spacial score (nSPS) is 36.8. The number of rotatable bonds is 10. The second kappa shape index (κ2) is 16.3. The van der Waals surface area contributed by atoms with E-state index in [1.807, 2.05) is 0 Å². The van der Waals surface area contributed by atoms with Gasteiger partial charge >= 0.3 is 0 Å². The molecule has 1 aromatic heterocycles. The maximum absolute atomic E-state index is 13.4. The lowest BCUT2D eigenvalue weighted by Crippen LogP contribution is -2.64. The van der Waals surface area contributed by atoms with Crippen LogP contribution >= 0.6 is 0 Å². The van der Waals surface area contributed by atoms with Crippen LogP contribution in [0.25, 0.3) is 22.3 Å². The molecule has 3 fully saturated rings. The lowest BCUT2D eigenvalue weighted by Gasteiger charge is -2.46. The van der Waals surface area contributed by atoms with Gasteiger partial charge in [-0.05, 0) is 32.0 Å². The lowest BCUT2D eigenvalue weighted by molar-refractivity contribution is -0.367. The molecule has 2 aromatic carbocycles. The van der Waals surface area contributed by atoms with Gasteiger partial charge in [-0.15, -0.1) is 0 Å². The summed E-state index contributed by atoms with van der Waals surface area (Å²) in [6.45, 7) is 2.21. The van der Waals surface area contributed by atoms with Crippen LogP contribution in [0.5, 0.6) is 28.7 Å². The van der Waals surface area contributed by atoms with Crippen molar-refractivity contribution in [1.82, 2.24) is 0 Å². The number of ether oxygens (including phenoxy) is 8. The standard InChI is InChI=1S/C35H44O20/c1-11-21(38)25(42)28(45)33(50-11)55-32-27(44)22(39)12(2)51-35(32)49-10-19-23(40)26(43)29(46)34(54-19)52-14-8-16(37)20-18(9-14)53-30(31(48-4)24(20)41)13-5-6-17(47-3)15(36)7-13/h5-9,11-12,19,21-23,25-29,32-40,42-46H,10H2,1-4H3/t11-,12-,19+,21-,22-,23+,25+,26-,27+,28+,29+,32+,33-,34+,35+/m0/s1. The van der Waals surface area contributed by atoms with E-state index in [1.165, 1.54) is 52.3 Å². The number of hydrogen-bond acceptors (Lipinski definition) is 20. The number of aliphatic hydroxyl groups is 8. The van der Waals surface area contributed by atoms with Gasteiger partial charge in [-0.25, -0.2) is 0 Å². The zero-order chi connectivity index (χ0) is 40.0. The van der Waals surface area contributed by atoms with Crippen molar-refractivity contribution in [3.8, 4) is 40.1 Å². The van der Waals surface area contributed by atoms with Gasteiger partial charge in [-0.3, -0.25) is 4.79 Å². The molecule has 15 atom stereocenters. The molecule has 20 heteroatoms. The van der Waals surface area contributed by atoms with Gasteiger partial charge in [0.25, 0.3) is 0 Å². The van der Waals surface area contributed by atoms with E-state index in [2.05, 4.69) is 0 Å². The number of hydrogen-bond donors (Lipinski definition) is 10. The monoisotopic (exact) mass is 784 g/mol. The molecule has 6 rings (SSSR count). The number of fused-ring (bicyclic) bond motifs is 1. The molecule has 3 aromatic rings. The molecule has 304 valence electrons. The predicted octanol–water partition coefficient (Wildman–Crippen LogP) is -2.23. The molecule has 10 N–H and O–H groups in total. The first-order valence-corrected chi connectivity index (χ1v) is 17.2. The predicted molar refractivity (Wildman–Crippen MR) is 181 cm³/mol. The lowest BCUT2D eigenvalue weighted by atomic mass is 9.97. The average Bonchev–Trinajstić information content (AvgIpc) is 3.15. The highest BCUT2D eigenvalue weighted by molar-refractivity contribution is 5.88. The van der Waals surface area contributed by atoms with Crippen LogP contribution in [0.1, 0.15) is 13.8 Å². The van der Waals surface area contributed by atoms with Crippen molar-refractivity contribution < 1.29 is 93.4 Å². The summed E-state index contributed by atoms with van der Waals surface area (Å²) >= 11 is 0. The van der Waals surface area contributed by atoms with E-state index in [-0.39, 0.29) is 45.3 Å². The minimum atomic E-state index is -1.89. The van der Waals surface area contributed by atoms with E-state index in [0.717, 1.165) is 6.07 Å². The summed E-state index contributed by atoms with van der Waals surface area (Å²) in [4.78, 5) is 13.4. The Bertz CT molecular complexity index is 1870. The number of phenols is 2. The van der Waals surface area contributed by atoms with Crippen LogP contribution in [0.3, 0.4) is 0 Å². The quantitative estimate of drug-likeness (QED) is 0.104. The fourth-order valence-corrected chi connectivity index (χ4v) is 6.57. The van der Waals surface area contributed by atoms with Crippen molar-refractivity contribution in [2.45, 2.75) is 106 Å². The summed E-state index contributed by atoms with van der Waals surface area (Å²) in [5.74, 6) is -1.36. The van der Waals surface area contributed by atoms with Crippen LogP contribution in [0.15, 0.2) is 39.5 Å². The van der Waals surface area contributed by atoms with Gasteiger partial charge in [0.1, 0.15) is 83.5 Å². The van der Waals surface area contributed by atoms with Gasteiger partial charge in [0.05, 0.1) is 33.0 Å². The maximum Gasteiger partial charge on any atom is 0.239 e. The second-order valence-corrected chi connectivity index (χ2v) is 13.4. The fourth-order valence-electron chi connectivity index (χ4n) is 6.57. The minimum absolute atomic E-state index is 0.119. The molecule has 0 saturated carbocycles. The Morgan fingerprint density at radius 3 is 1.96 bits per heavy atom. The third-order valence-electron chi connectivity index (χ3n) is 9.78. The highest BCUT2D eigenvalue weighted by atomic mass is 16.8. The molecule has 0 radical (unpaired) electrons. The van der Waals surface area contributed by atoms with Crippen molar-refractivity contribution in [2.75, 3.05) is 20.8 Å². The molecule has 3 saturated heterocycles. The number of benzene rings is 2. The molecule has 0 bridgehead atoms. The second-order valence-electron chi connectivity index (χ2n) is 13.4. The van der Waals surface area contributed by atoms with E-state index in [0.29, 0.717) is 0 Å².